The molecule has 1 saturated heterocycles. The molecule has 1 N–H and O–H groups in total. The quantitative estimate of drug-likeness (QED) is 0.822. The highest BCUT2D eigenvalue weighted by Crippen LogP contribution is 2.19. The number of aromatic nitrogens is 1. The highest BCUT2D eigenvalue weighted by molar-refractivity contribution is 7.99. The number of carbonyl (C=O) groups is 2. The third-order valence-electron chi connectivity index (χ3n) is 3.00. The summed E-state index contributed by atoms with van der Waals surface area (Å²) in [5.41, 5.74) is -0.303. The monoisotopic (exact) mass is 296 g/mol. The Labute approximate surface area is 120 Å². The van der Waals surface area contributed by atoms with Crippen molar-refractivity contribution in [2.45, 2.75) is 13.0 Å². The van der Waals surface area contributed by atoms with E-state index in [4.69, 9.17) is 4.74 Å². The minimum Gasteiger partial charge on any atom is -0.464 e. The molecule has 2 rings (SSSR count). The third-order valence-corrected chi connectivity index (χ3v) is 4.03. The Morgan fingerprint density at radius 3 is 3.05 bits per heavy atom. The van der Waals surface area contributed by atoms with Crippen molar-refractivity contribution in [3.05, 3.63) is 34.2 Å². The van der Waals surface area contributed by atoms with Crippen LogP contribution in [0.2, 0.25) is 0 Å². The molecule has 7 heteroatoms. The molecule has 1 unspecified atom stereocenters. The number of carbonyl (C=O) groups excluding carboxylic acids is 2. The van der Waals surface area contributed by atoms with E-state index in [0.29, 0.717) is 12.3 Å². The predicted molar refractivity (Wildman–Crippen MR) is 75.8 cm³/mol. The van der Waals surface area contributed by atoms with Crippen molar-refractivity contribution >= 4 is 23.6 Å². The summed E-state index contributed by atoms with van der Waals surface area (Å²) >= 11 is 1.60. The van der Waals surface area contributed by atoms with Gasteiger partial charge in [0.05, 0.1) is 6.61 Å². The molecule has 1 aromatic heterocycles. The lowest BCUT2D eigenvalue weighted by molar-refractivity contribution is -0.147. The molecule has 0 saturated carbocycles. The van der Waals surface area contributed by atoms with E-state index in [1.165, 1.54) is 23.4 Å². The molecule has 2 heterocycles. The molecule has 0 aromatic carbocycles. The smallest absolute Gasteiger partial charge is 0.329 e. The van der Waals surface area contributed by atoms with Crippen LogP contribution in [-0.2, 0) is 9.53 Å². The van der Waals surface area contributed by atoms with Crippen molar-refractivity contribution in [2.24, 2.45) is 0 Å². The molecule has 1 fully saturated rings. The number of thioether (sulfide) groups is 1. The van der Waals surface area contributed by atoms with E-state index in [0.717, 1.165) is 5.75 Å². The molecule has 108 valence electrons. The van der Waals surface area contributed by atoms with Crippen LogP contribution in [0.5, 0.6) is 0 Å². The lowest BCUT2D eigenvalue weighted by Crippen LogP contribution is -2.51. The fourth-order valence-electron chi connectivity index (χ4n) is 2.02. The highest BCUT2D eigenvalue weighted by Gasteiger charge is 2.34. The molecule has 1 amide bonds. The fourth-order valence-corrected chi connectivity index (χ4v) is 3.05. The maximum Gasteiger partial charge on any atom is 0.329 e. The van der Waals surface area contributed by atoms with Crippen molar-refractivity contribution < 1.29 is 14.3 Å². The van der Waals surface area contributed by atoms with Gasteiger partial charge in [-0.3, -0.25) is 9.59 Å². The minimum absolute atomic E-state index is 0.0497. The summed E-state index contributed by atoms with van der Waals surface area (Å²) in [4.78, 5) is 40.2. The molecule has 1 atom stereocenters. The van der Waals surface area contributed by atoms with E-state index >= 15 is 0 Å². The molecule has 0 bridgehead atoms. The largest absolute Gasteiger partial charge is 0.464 e. The number of H-pyrrole nitrogens is 1. The highest BCUT2D eigenvalue weighted by atomic mass is 32.2. The lowest BCUT2D eigenvalue weighted by Gasteiger charge is -2.33. The van der Waals surface area contributed by atoms with Gasteiger partial charge in [0.15, 0.2) is 5.43 Å². The normalized spacial score (nSPS) is 18.6. The van der Waals surface area contributed by atoms with Crippen LogP contribution in [0.3, 0.4) is 0 Å². The second-order valence-electron chi connectivity index (χ2n) is 4.26. The van der Waals surface area contributed by atoms with E-state index in [1.807, 2.05) is 0 Å². The topological polar surface area (TPSA) is 79.5 Å². The number of amides is 1. The summed E-state index contributed by atoms with van der Waals surface area (Å²) in [6.07, 6.45) is 2.84. The van der Waals surface area contributed by atoms with Crippen molar-refractivity contribution in [3.8, 4) is 0 Å². The second-order valence-corrected chi connectivity index (χ2v) is 5.41. The van der Waals surface area contributed by atoms with Gasteiger partial charge in [0.2, 0.25) is 0 Å². The number of nitrogens with zero attached hydrogens (tertiary/aromatic N) is 1. The molecule has 1 aliphatic heterocycles. The SMILES string of the molecule is CCOC(=O)C1CSCCN1C(=O)c1c[nH]ccc1=O. The number of hydrogen-bond donors (Lipinski definition) is 1. The van der Waals surface area contributed by atoms with Crippen LogP contribution in [0.25, 0.3) is 0 Å². The fraction of sp³-hybridized carbons (Fsp3) is 0.462. The van der Waals surface area contributed by atoms with Gasteiger partial charge in [0.25, 0.3) is 5.91 Å². The van der Waals surface area contributed by atoms with E-state index in [9.17, 15) is 14.4 Å². The number of aromatic amines is 1. The molecule has 20 heavy (non-hydrogen) atoms. The third kappa shape index (κ3) is 3.04. The lowest BCUT2D eigenvalue weighted by atomic mass is 10.2. The molecule has 6 nitrogen and oxygen atoms in total. The van der Waals surface area contributed by atoms with Crippen molar-refractivity contribution in [1.82, 2.24) is 9.88 Å². The van der Waals surface area contributed by atoms with Gasteiger partial charge in [-0.05, 0) is 6.92 Å². The molecular weight excluding hydrogens is 280 g/mol. The van der Waals surface area contributed by atoms with Crippen LogP contribution in [-0.4, -0.2) is 52.5 Å². The zero-order valence-electron chi connectivity index (χ0n) is 11.1. The van der Waals surface area contributed by atoms with Crippen molar-refractivity contribution in [3.63, 3.8) is 0 Å². The Kier molecular flexibility index (Phi) is 4.84. The van der Waals surface area contributed by atoms with E-state index in [2.05, 4.69) is 4.98 Å². The van der Waals surface area contributed by atoms with Gasteiger partial charge in [0.1, 0.15) is 11.6 Å². The predicted octanol–water partition coefficient (Wildman–Crippen LogP) is 0.496. The number of ether oxygens (including phenoxy) is 1. The van der Waals surface area contributed by atoms with Gasteiger partial charge >= 0.3 is 5.97 Å². The first kappa shape index (κ1) is 14.6. The minimum atomic E-state index is -0.624. The van der Waals surface area contributed by atoms with Crippen LogP contribution in [0.4, 0.5) is 0 Å². The average Bonchev–Trinajstić information content (AvgIpc) is 2.47. The Morgan fingerprint density at radius 1 is 1.55 bits per heavy atom. The summed E-state index contributed by atoms with van der Waals surface area (Å²) in [5.74, 6) is 0.396. The number of nitrogens with one attached hydrogen (secondary N) is 1. The maximum absolute atomic E-state index is 12.4. The second kappa shape index (κ2) is 6.60. The van der Waals surface area contributed by atoms with Crippen LogP contribution in [0.15, 0.2) is 23.3 Å². The van der Waals surface area contributed by atoms with Crippen molar-refractivity contribution in [1.29, 1.82) is 0 Å². The molecule has 0 spiro atoms. The number of hydrogen-bond acceptors (Lipinski definition) is 5. The Balaban J connectivity index is 2.24. The zero-order chi connectivity index (χ0) is 14.5. The van der Waals surface area contributed by atoms with E-state index in [1.54, 1.807) is 18.7 Å². The van der Waals surface area contributed by atoms with Crippen LogP contribution in [0, 0.1) is 0 Å². The number of pyridine rings is 1. The van der Waals surface area contributed by atoms with Crippen LogP contribution < -0.4 is 5.43 Å². The summed E-state index contributed by atoms with van der Waals surface area (Å²) in [5, 5.41) is 0. The summed E-state index contributed by atoms with van der Waals surface area (Å²) in [7, 11) is 0. The Hall–Kier alpha value is -1.76. The van der Waals surface area contributed by atoms with Gasteiger partial charge in [-0.2, -0.15) is 11.8 Å². The zero-order valence-corrected chi connectivity index (χ0v) is 11.9. The molecule has 1 aromatic rings. The first-order valence-electron chi connectivity index (χ1n) is 6.37. The molecule has 0 aliphatic carbocycles. The van der Waals surface area contributed by atoms with Crippen molar-refractivity contribution in [2.75, 3.05) is 24.7 Å². The molecule has 1 aliphatic rings. The summed E-state index contributed by atoms with van der Waals surface area (Å²) in [6.45, 7) is 2.43. The van der Waals surface area contributed by atoms with Crippen LogP contribution in [0.1, 0.15) is 17.3 Å². The number of rotatable bonds is 3. The maximum atomic E-state index is 12.4. The van der Waals surface area contributed by atoms with Gasteiger partial charge in [-0.15, -0.1) is 0 Å². The standard InChI is InChI=1S/C13H16N2O4S/c1-2-19-13(18)10-8-20-6-5-15(10)12(17)9-7-14-4-3-11(9)16/h3-4,7,10H,2,5-6,8H2,1H3,(H,14,16). The van der Waals surface area contributed by atoms with Gasteiger partial charge in [-0.25, -0.2) is 4.79 Å². The average molecular weight is 296 g/mol. The first-order valence-corrected chi connectivity index (χ1v) is 7.53. The van der Waals surface area contributed by atoms with E-state index in [-0.39, 0.29) is 17.6 Å². The first-order chi connectivity index (χ1) is 9.65. The van der Waals surface area contributed by atoms with Gasteiger partial charge in [0, 0.05) is 36.5 Å². The molecule has 0 radical (unpaired) electrons. The van der Waals surface area contributed by atoms with Crippen LogP contribution >= 0.6 is 11.8 Å². The summed E-state index contributed by atoms with van der Waals surface area (Å²) < 4.78 is 5.00. The summed E-state index contributed by atoms with van der Waals surface area (Å²) in [6, 6.07) is 0.673. The number of esters is 1. The molecular formula is C13H16N2O4S. The Bertz CT molecular complexity index is 557. The van der Waals surface area contributed by atoms with Gasteiger partial charge in [-0.1, -0.05) is 0 Å². The van der Waals surface area contributed by atoms with Gasteiger partial charge < -0.3 is 14.6 Å². The van der Waals surface area contributed by atoms with E-state index < -0.39 is 17.9 Å². The Morgan fingerprint density at radius 2 is 2.35 bits per heavy atom.